The van der Waals surface area contributed by atoms with Crippen molar-refractivity contribution in [2.45, 2.75) is 25.7 Å². The highest BCUT2D eigenvalue weighted by atomic mass is 32.2. The summed E-state index contributed by atoms with van der Waals surface area (Å²) in [4.78, 5) is 22.3. The van der Waals surface area contributed by atoms with Crippen LogP contribution in [-0.4, -0.2) is 57.9 Å². The highest BCUT2D eigenvalue weighted by molar-refractivity contribution is 7.92. The lowest BCUT2D eigenvalue weighted by Gasteiger charge is -2.24. The quantitative estimate of drug-likeness (QED) is 0.289. The minimum absolute atomic E-state index is 0.140. The van der Waals surface area contributed by atoms with Crippen LogP contribution in [0.1, 0.15) is 28.4 Å². The Morgan fingerprint density at radius 2 is 1.59 bits per heavy atom. The number of thiazole rings is 1. The molecule has 0 saturated heterocycles. The van der Waals surface area contributed by atoms with E-state index < -0.39 is 10.0 Å². The van der Waals surface area contributed by atoms with Crippen molar-refractivity contribution in [1.82, 2.24) is 9.88 Å². The van der Waals surface area contributed by atoms with Crippen molar-refractivity contribution in [3.05, 3.63) is 83.4 Å². The molecule has 0 radical (unpaired) electrons. The Morgan fingerprint density at radius 1 is 0.919 bits per heavy atom. The normalized spacial score (nSPS) is 11.7. The third-order valence-corrected chi connectivity index (χ3v) is 9.30. The van der Waals surface area contributed by atoms with Gasteiger partial charge in [-0.1, -0.05) is 35.6 Å². The van der Waals surface area contributed by atoms with Crippen LogP contribution in [0.4, 0.5) is 10.8 Å². The van der Waals surface area contributed by atoms with Gasteiger partial charge in [0.25, 0.3) is 15.9 Å². The van der Waals surface area contributed by atoms with E-state index in [1.165, 1.54) is 27.8 Å². The number of fused-ring (bicyclic) bond motifs is 1. The number of carbonyl (C=O) groups excluding carboxylic acids is 1. The third-order valence-electron chi connectivity index (χ3n) is 6.34. The predicted octanol–water partition coefficient (Wildman–Crippen LogP) is 5.34. The predicted molar refractivity (Wildman–Crippen MR) is 152 cm³/mol. The standard InChI is InChI=1S/C28H32N4O3S2/c1-6-32(23-10-8-7-9-11-23)37(34,35)24-15-13-22(14-16-24)27(33)31(19-18-30(4)5)28-29-26-21(3)20(2)12-17-25(26)36-28/h7-17H,6,18-19H2,1-5H3. The Labute approximate surface area is 223 Å². The molecule has 0 unspecified atom stereocenters. The van der Waals surface area contributed by atoms with E-state index in [1.807, 2.05) is 50.2 Å². The first-order valence-electron chi connectivity index (χ1n) is 12.1. The number of aromatic nitrogens is 1. The molecular formula is C28H32N4O3S2. The first-order valence-corrected chi connectivity index (χ1v) is 14.4. The Kier molecular flexibility index (Phi) is 7.96. The second-order valence-corrected chi connectivity index (χ2v) is 12.0. The van der Waals surface area contributed by atoms with Crippen LogP contribution in [0, 0.1) is 13.8 Å². The minimum Gasteiger partial charge on any atom is -0.308 e. The van der Waals surface area contributed by atoms with Gasteiger partial charge in [0.05, 0.1) is 20.8 Å². The van der Waals surface area contributed by atoms with Crippen molar-refractivity contribution in [3.63, 3.8) is 0 Å². The van der Waals surface area contributed by atoms with Crippen molar-refractivity contribution >= 4 is 48.3 Å². The largest absolute Gasteiger partial charge is 0.308 e. The molecule has 0 spiro atoms. The van der Waals surface area contributed by atoms with Gasteiger partial charge in [0, 0.05) is 25.2 Å². The third kappa shape index (κ3) is 5.53. The number of sulfonamides is 1. The first kappa shape index (κ1) is 26.8. The number of para-hydroxylation sites is 1. The van der Waals surface area contributed by atoms with Gasteiger partial charge in [0.1, 0.15) is 0 Å². The average molecular weight is 537 g/mol. The van der Waals surface area contributed by atoms with Gasteiger partial charge >= 0.3 is 0 Å². The maximum atomic E-state index is 13.7. The molecule has 0 aliphatic carbocycles. The maximum absolute atomic E-state index is 13.7. The fourth-order valence-corrected chi connectivity index (χ4v) is 6.58. The number of likely N-dealkylation sites (N-methyl/N-ethyl adjacent to an activating group) is 1. The fraction of sp³-hybridized carbons (Fsp3) is 0.286. The number of benzene rings is 3. The van der Waals surface area contributed by atoms with Crippen LogP contribution in [0.2, 0.25) is 0 Å². The summed E-state index contributed by atoms with van der Waals surface area (Å²) < 4.78 is 29.1. The van der Waals surface area contributed by atoms with Crippen LogP contribution in [0.3, 0.4) is 0 Å². The summed E-state index contributed by atoms with van der Waals surface area (Å²) in [6.45, 7) is 7.31. The highest BCUT2D eigenvalue weighted by Gasteiger charge is 2.26. The van der Waals surface area contributed by atoms with E-state index in [2.05, 4.69) is 13.0 Å². The molecule has 0 fully saturated rings. The Bertz CT molecular complexity index is 1500. The van der Waals surface area contributed by atoms with Gasteiger partial charge in [-0.3, -0.25) is 14.0 Å². The van der Waals surface area contributed by atoms with Crippen molar-refractivity contribution in [1.29, 1.82) is 0 Å². The molecule has 3 aromatic carbocycles. The number of hydrogen-bond acceptors (Lipinski definition) is 6. The summed E-state index contributed by atoms with van der Waals surface area (Å²) in [6.07, 6.45) is 0. The van der Waals surface area contributed by atoms with Gasteiger partial charge < -0.3 is 4.90 Å². The summed E-state index contributed by atoms with van der Waals surface area (Å²) in [6, 6.07) is 19.3. The summed E-state index contributed by atoms with van der Waals surface area (Å²) >= 11 is 1.49. The summed E-state index contributed by atoms with van der Waals surface area (Å²) in [5, 5.41) is 0.633. The molecule has 0 saturated carbocycles. The molecule has 37 heavy (non-hydrogen) atoms. The van der Waals surface area contributed by atoms with Crippen molar-refractivity contribution in [3.8, 4) is 0 Å². The summed E-state index contributed by atoms with van der Waals surface area (Å²) in [5.41, 5.74) is 4.18. The van der Waals surface area contributed by atoms with Gasteiger partial charge in [0.2, 0.25) is 0 Å². The molecule has 0 aliphatic heterocycles. The number of hydrogen-bond donors (Lipinski definition) is 0. The van der Waals surface area contributed by atoms with E-state index in [0.717, 1.165) is 21.3 Å². The molecule has 0 aliphatic rings. The molecule has 4 aromatic rings. The van der Waals surface area contributed by atoms with E-state index in [-0.39, 0.29) is 10.8 Å². The van der Waals surface area contributed by atoms with Gasteiger partial charge in [-0.15, -0.1) is 0 Å². The Hall–Kier alpha value is -3.27. The van der Waals surface area contributed by atoms with E-state index in [0.29, 0.717) is 36.0 Å². The average Bonchev–Trinajstić information content (AvgIpc) is 3.32. The molecule has 1 aromatic heterocycles. The topological polar surface area (TPSA) is 73.8 Å². The number of anilines is 2. The zero-order valence-corrected chi connectivity index (χ0v) is 23.4. The van der Waals surface area contributed by atoms with Crippen LogP contribution in [-0.2, 0) is 10.0 Å². The lowest BCUT2D eigenvalue weighted by atomic mass is 10.1. The Balaban J connectivity index is 1.66. The van der Waals surface area contributed by atoms with E-state index >= 15 is 0 Å². The van der Waals surface area contributed by atoms with Crippen LogP contribution in [0.5, 0.6) is 0 Å². The molecular weight excluding hydrogens is 504 g/mol. The number of rotatable bonds is 9. The molecule has 0 N–H and O–H groups in total. The van der Waals surface area contributed by atoms with Crippen molar-refractivity contribution < 1.29 is 13.2 Å². The summed E-state index contributed by atoms with van der Waals surface area (Å²) in [7, 11) is 0.142. The van der Waals surface area contributed by atoms with E-state index in [4.69, 9.17) is 4.98 Å². The second kappa shape index (κ2) is 11.0. The van der Waals surface area contributed by atoms with Gasteiger partial charge in [0.15, 0.2) is 5.13 Å². The number of amides is 1. The number of carbonyl (C=O) groups is 1. The van der Waals surface area contributed by atoms with Crippen LogP contribution < -0.4 is 9.21 Å². The zero-order chi connectivity index (χ0) is 26.7. The second-order valence-electron chi connectivity index (χ2n) is 9.14. The number of nitrogens with zero attached hydrogens (tertiary/aromatic N) is 4. The molecule has 194 valence electrons. The van der Waals surface area contributed by atoms with Gasteiger partial charge in [-0.05, 0) is 88.5 Å². The smallest absolute Gasteiger partial charge is 0.264 e. The molecule has 1 amide bonds. The molecule has 9 heteroatoms. The highest BCUT2D eigenvalue weighted by Crippen LogP contribution is 2.33. The summed E-state index contributed by atoms with van der Waals surface area (Å²) in [5.74, 6) is -0.213. The van der Waals surface area contributed by atoms with Crippen molar-refractivity contribution in [2.75, 3.05) is 42.9 Å². The van der Waals surface area contributed by atoms with Crippen molar-refractivity contribution in [2.24, 2.45) is 0 Å². The minimum atomic E-state index is -3.78. The van der Waals surface area contributed by atoms with Crippen LogP contribution >= 0.6 is 11.3 Å². The monoisotopic (exact) mass is 536 g/mol. The molecule has 7 nitrogen and oxygen atoms in total. The Morgan fingerprint density at radius 3 is 2.22 bits per heavy atom. The first-order chi connectivity index (χ1) is 17.6. The lowest BCUT2D eigenvalue weighted by Crippen LogP contribution is -2.36. The fourth-order valence-electron chi connectivity index (χ4n) is 4.05. The van der Waals surface area contributed by atoms with Gasteiger partial charge in [-0.25, -0.2) is 13.4 Å². The zero-order valence-electron chi connectivity index (χ0n) is 21.8. The van der Waals surface area contributed by atoms with Crippen LogP contribution in [0.25, 0.3) is 10.2 Å². The number of aryl methyl sites for hydroxylation is 2. The maximum Gasteiger partial charge on any atom is 0.264 e. The molecule has 4 rings (SSSR count). The van der Waals surface area contributed by atoms with Crippen LogP contribution in [0.15, 0.2) is 71.6 Å². The molecule has 0 atom stereocenters. The molecule has 0 bridgehead atoms. The molecule has 1 heterocycles. The van der Waals surface area contributed by atoms with Gasteiger partial charge in [-0.2, -0.15) is 0 Å². The van der Waals surface area contributed by atoms with E-state index in [1.54, 1.807) is 36.1 Å². The lowest BCUT2D eigenvalue weighted by molar-refractivity contribution is 0.0985. The SMILES string of the molecule is CCN(c1ccccc1)S(=O)(=O)c1ccc(C(=O)N(CCN(C)C)c2nc3c(C)c(C)ccc3s2)cc1. The van der Waals surface area contributed by atoms with E-state index in [9.17, 15) is 13.2 Å².